The fourth-order valence-corrected chi connectivity index (χ4v) is 2.87. The van der Waals surface area contributed by atoms with E-state index in [0.29, 0.717) is 18.2 Å². The Morgan fingerprint density at radius 1 is 1.60 bits per heavy atom. The van der Waals surface area contributed by atoms with Gasteiger partial charge in [0.1, 0.15) is 0 Å². The molecule has 0 radical (unpaired) electrons. The summed E-state index contributed by atoms with van der Waals surface area (Å²) in [6.45, 7) is 5.29. The van der Waals surface area contributed by atoms with Crippen molar-refractivity contribution in [3.63, 3.8) is 0 Å². The summed E-state index contributed by atoms with van der Waals surface area (Å²) < 4.78 is 5.54. The molecule has 0 amide bonds. The van der Waals surface area contributed by atoms with E-state index in [2.05, 4.69) is 36.0 Å². The van der Waals surface area contributed by atoms with Crippen LogP contribution in [0, 0.1) is 0 Å². The van der Waals surface area contributed by atoms with Gasteiger partial charge in [-0.15, -0.1) is 0 Å². The van der Waals surface area contributed by atoms with Gasteiger partial charge in [0.05, 0.1) is 6.10 Å². The van der Waals surface area contributed by atoms with Crippen molar-refractivity contribution in [2.45, 2.75) is 44.9 Å². The standard InChI is InChI=1S/C12H19NOS/c1-9-7-12(3-5-14-9)13-10(2)11-4-6-15-8-11/h4,6,8-10,12-13H,3,5,7H2,1-2H3. The maximum absolute atomic E-state index is 5.54. The van der Waals surface area contributed by atoms with E-state index in [9.17, 15) is 0 Å². The highest BCUT2D eigenvalue weighted by Crippen LogP contribution is 2.20. The molecule has 0 spiro atoms. The van der Waals surface area contributed by atoms with Crippen LogP contribution in [0.4, 0.5) is 0 Å². The van der Waals surface area contributed by atoms with Crippen LogP contribution in [-0.2, 0) is 4.74 Å². The SMILES string of the molecule is CC1CC(NC(C)c2ccsc2)CCO1. The summed E-state index contributed by atoms with van der Waals surface area (Å²) in [6.07, 6.45) is 2.68. The second-order valence-corrected chi connectivity index (χ2v) is 5.13. The summed E-state index contributed by atoms with van der Waals surface area (Å²) >= 11 is 1.77. The van der Waals surface area contributed by atoms with Gasteiger partial charge in [-0.2, -0.15) is 11.3 Å². The summed E-state index contributed by atoms with van der Waals surface area (Å²) in [5, 5.41) is 8.04. The summed E-state index contributed by atoms with van der Waals surface area (Å²) in [7, 11) is 0. The van der Waals surface area contributed by atoms with Crippen LogP contribution < -0.4 is 5.32 Å². The number of thiophene rings is 1. The van der Waals surface area contributed by atoms with Gasteiger partial charge in [-0.3, -0.25) is 0 Å². The Hall–Kier alpha value is -0.380. The molecule has 3 atom stereocenters. The van der Waals surface area contributed by atoms with Gasteiger partial charge in [0.2, 0.25) is 0 Å². The minimum Gasteiger partial charge on any atom is -0.378 e. The molecule has 0 bridgehead atoms. The summed E-state index contributed by atoms with van der Waals surface area (Å²) in [4.78, 5) is 0. The Balaban J connectivity index is 1.86. The highest BCUT2D eigenvalue weighted by Gasteiger charge is 2.20. The minimum absolute atomic E-state index is 0.408. The largest absolute Gasteiger partial charge is 0.378 e. The van der Waals surface area contributed by atoms with Crippen LogP contribution in [0.15, 0.2) is 16.8 Å². The van der Waals surface area contributed by atoms with E-state index in [1.165, 1.54) is 5.56 Å². The number of rotatable bonds is 3. The first-order valence-corrected chi connectivity index (χ1v) is 6.59. The van der Waals surface area contributed by atoms with Gasteiger partial charge in [-0.25, -0.2) is 0 Å². The lowest BCUT2D eigenvalue weighted by Crippen LogP contribution is -2.39. The third-order valence-electron chi connectivity index (χ3n) is 3.01. The van der Waals surface area contributed by atoms with Crippen molar-refractivity contribution in [3.05, 3.63) is 22.4 Å². The molecule has 1 aliphatic heterocycles. The first-order valence-electron chi connectivity index (χ1n) is 5.65. The zero-order valence-corrected chi connectivity index (χ0v) is 10.2. The van der Waals surface area contributed by atoms with Crippen LogP contribution in [0.2, 0.25) is 0 Å². The molecule has 1 aliphatic rings. The highest BCUT2D eigenvalue weighted by atomic mass is 32.1. The van der Waals surface area contributed by atoms with Gasteiger partial charge < -0.3 is 10.1 Å². The lowest BCUT2D eigenvalue weighted by molar-refractivity contribution is 0.0116. The lowest BCUT2D eigenvalue weighted by Gasteiger charge is -2.30. The van der Waals surface area contributed by atoms with Crippen molar-refractivity contribution in [1.29, 1.82) is 0 Å². The van der Waals surface area contributed by atoms with E-state index in [1.807, 2.05) is 0 Å². The Bertz CT molecular complexity index is 286. The monoisotopic (exact) mass is 225 g/mol. The summed E-state index contributed by atoms with van der Waals surface area (Å²) in [5.41, 5.74) is 1.40. The molecule has 1 aromatic heterocycles. The van der Waals surface area contributed by atoms with Crippen LogP contribution in [0.5, 0.6) is 0 Å². The molecule has 3 unspecified atom stereocenters. The lowest BCUT2D eigenvalue weighted by atomic mass is 10.0. The first-order chi connectivity index (χ1) is 7.25. The van der Waals surface area contributed by atoms with Crippen LogP contribution in [0.25, 0.3) is 0 Å². The molecule has 84 valence electrons. The average molecular weight is 225 g/mol. The van der Waals surface area contributed by atoms with Crippen LogP contribution in [0.1, 0.15) is 38.3 Å². The van der Waals surface area contributed by atoms with E-state index in [4.69, 9.17) is 4.74 Å². The first kappa shape index (κ1) is 11.1. The van der Waals surface area contributed by atoms with Gasteiger partial charge in [0.15, 0.2) is 0 Å². The Labute approximate surface area is 95.6 Å². The van der Waals surface area contributed by atoms with E-state index < -0.39 is 0 Å². The van der Waals surface area contributed by atoms with Crippen molar-refractivity contribution in [1.82, 2.24) is 5.32 Å². The van der Waals surface area contributed by atoms with Crippen LogP contribution in [0.3, 0.4) is 0 Å². The quantitative estimate of drug-likeness (QED) is 0.854. The van der Waals surface area contributed by atoms with Gasteiger partial charge in [-0.1, -0.05) is 0 Å². The minimum atomic E-state index is 0.408. The van der Waals surface area contributed by atoms with E-state index in [1.54, 1.807) is 11.3 Å². The predicted molar refractivity (Wildman–Crippen MR) is 64.3 cm³/mol. The van der Waals surface area contributed by atoms with Gasteiger partial charge in [0.25, 0.3) is 0 Å². The van der Waals surface area contributed by atoms with Crippen molar-refractivity contribution >= 4 is 11.3 Å². The summed E-state index contributed by atoms with van der Waals surface area (Å²) in [6, 6.07) is 3.28. The molecule has 2 heterocycles. The fraction of sp³-hybridized carbons (Fsp3) is 0.667. The molecule has 1 fully saturated rings. The van der Waals surface area contributed by atoms with Gasteiger partial charge >= 0.3 is 0 Å². The van der Waals surface area contributed by atoms with Gasteiger partial charge in [0, 0.05) is 18.7 Å². The van der Waals surface area contributed by atoms with Crippen LogP contribution >= 0.6 is 11.3 Å². The topological polar surface area (TPSA) is 21.3 Å². The van der Waals surface area contributed by atoms with E-state index in [0.717, 1.165) is 19.4 Å². The Morgan fingerprint density at radius 3 is 3.13 bits per heavy atom. The second-order valence-electron chi connectivity index (χ2n) is 4.35. The molecule has 3 heteroatoms. The van der Waals surface area contributed by atoms with Crippen molar-refractivity contribution < 1.29 is 4.74 Å². The normalized spacial score (nSPS) is 28.9. The van der Waals surface area contributed by atoms with Gasteiger partial charge in [-0.05, 0) is 49.1 Å². The van der Waals surface area contributed by atoms with E-state index >= 15 is 0 Å². The predicted octanol–water partition coefficient (Wildman–Crippen LogP) is 2.97. The van der Waals surface area contributed by atoms with E-state index in [-0.39, 0.29) is 0 Å². The fourth-order valence-electron chi connectivity index (χ4n) is 2.12. The zero-order valence-electron chi connectivity index (χ0n) is 9.40. The molecule has 15 heavy (non-hydrogen) atoms. The smallest absolute Gasteiger partial charge is 0.0561 e. The third kappa shape index (κ3) is 3.03. The molecular formula is C12H19NOS. The number of ether oxygens (including phenoxy) is 1. The molecule has 0 aliphatic carbocycles. The average Bonchev–Trinajstić information content (AvgIpc) is 2.70. The number of nitrogens with one attached hydrogen (secondary N) is 1. The molecule has 1 N–H and O–H groups in total. The molecule has 0 saturated carbocycles. The highest BCUT2D eigenvalue weighted by molar-refractivity contribution is 7.07. The number of hydrogen-bond donors (Lipinski definition) is 1. The summed E-state index contributed by atoms with van der Waals surface area (Å²) in [5.74, 6) is 0. The van der Waals surface area contributed by atoms with Crippen LogP contribution in [-0.4, -0.2) is 18.8 Å². The molecule has 2 nitrogen and oxygen atoms in total. The molecule has 1 aromatic rings. The maximum Gasteiger partial charge on any atom is 0.0561 e. The Kier molecular flexibility index (Phi) is 3.78. The zero-order chi connectivity index (χ0) is 10.7. The molecule has 2 rings (SSSR count). The van der Waals surface area contributed by atoms with Crippen molar-refractivity contribution in [2.75, 3.05) is 6.61 Å². The Morgan fingerprint density at radius 2 is 2.47 bits per heavy atom. The van der Waals surface area contributed by atoms with Crippen molar-refractivity contribution in [2.24, 2.45) is 0 Å². The maximum atomic E-state index is 5.54. The second kappa shape index (κ2) is 5.10. The molecule has 0 aromatic carbocycles. The van der Waals surface area contributed by atoms with Crippen molar-refractivity contribution in [3.8, 4) is 0 Å². The molecular weight excluding hydrogens is 206 g/mol. The number of hydrogen-bond acceptors (Lipinski definition) is 3. The third-order valence-corrected chi connectivity index (χ3v) is 3.72. The molecule has 1 saturated heterocycles.